The number of carbonyl (C=O) groups is 1. The number of hydrogen-bond acceptors (Lipinski definition) is 5. The first-order chi connectivity index (χ1) is 16.1. The number of aromatic nitrogens is 2. The molecule has 0 unspecified atom stereocenters. The van der Waals surface area contributed by atoms with Gasteiger partial charge in [-0.1, -0.05) is 41.7 Å². The van der Waals surface area contributed by atoms with Crippen LogP contribution in [0.2, 0.25) is 0 Å². The average Bonchev–Trinajstić information content (AvgIpc) is 3.47. The van der Waals surface area contributed by atoms with Gasteiger partial charge in [-0.25, -0.2) is 14.4 Å². The molecule has 0 spiro atoms. The highest BCUT2D eigenvalue weighted by Gasteiger charge is 2.23. The van der Waals surface area contributed by atoms with Crippen molar-refractivity contribution in [2.45, 2.75) is 19.8 Å². The predicted octanol–water partition coefficient (Wildman–Crippen LogP) is 6.70. The lowest BCUT2D eigenvalue weighted by atomic mass is 10.1. The highest BCUT2D eigenvalue weighted by molar-refractivity contribution is 7.22. The van der Waals surface area contributed by atoms with E-state index in [1.54, 1.807) is 23.2 Å². The second-order valence-corrected chi connectivity index (χ2v) is 8.61. The highest BCUT2D eigenvalue weighted by atomic mass is 32.1. The van der Waals surface area contributed by atoms with Crippen LogP contribution >= 0.6 is 11.3 Å². The molecule has 0 aliphatic carbocycles. The van der Waals surface area contributed by atoms with E-state index in [0.29, 0.717) is 23.2 Å². The lowest BCUT2D eigenvalue weighted by Crippen LogP contribution is -2.26. The molecule has 0 radical (unpaired) electrons. The lowest BCUT2D eigenvalue weighted by Gasteiger charge is -2.21. The smallest absolute Gasteiger partial charge is 0.233 e. The number of fused-ring (bicyclic) bond motifs is 1. The van der Waals surface area contributed by atoms with Gasteiger partial charge in [0, 0.05) is 18.4 Å². The van der Waals surface area contributed by atoms with Crippen LogP contribution in [0.1, 0.15) is 17.9 Å². The Hall–Kier alpha value is -3.84. The molecule has 0 bridgehead atoms. The fourth-order valence-electron chi connectivity index (χ4n) is 3.61. The number of carbonyl (C=O) groups excluding carboxylic acids is 1. The molecule has 164 valence electrons. The number of nitrogens with zero attached hydrogens (tertiary/aromatic N) is 3. The molecule has 3 aromatic carbocycles. The molecule has 0 aliphatic rings. The molecule has 2 heterocycles. The summed E-state index contributed by atoms with van der Waals surface area (Å²) in [7, 11) is 0. The van der Waals surface area contributed by atoms with E-state index in [2.05, 4.69) is 4.98 Å². The number of halogens is 1. The van der Waals surface area contributed by atoms with Crippen LogP contribution in [0.5, 0.6) is 0 Å². The van der Waals surface area contributed by atoms with E-state index < -0.39 is 0 Å². The topological polar surface area (TPSA) is 59.2 Å². The fourth-order valence-corrected chi connectivity index (χ4v) is 4.61. The van der Waals surface area contributed by atoms with Crippen LogP contribution in [-0.2, 0) is 11.2 Å². The summed E-state index contributed by atoms with van der Waals surface area (Å²) >= 11 is 1.49. The van der Waals surface area contributed by atoms with Crippen molar-refractivity contribution in [1.29, 1.82) is 0 Å². The number of benzene rings is 3. The van der Waals surface area contributed by atoms with Crippen molar-refractivity contribution < 1.29 is 13.6 Å². The summed E-state index contributed by atoms with van der Waals surface area (Å²) in [5, 5.41) is 0.634. The molecular formula is C26H20FN3O2S. The summed E-state index contributed by atoms with van der Waals surface area (Å²) in [5.74, 6) is 0.594. The van der Waals surface area contributed by atoms with Crippen molar-refractivity contribution in [3.8, 4) is 11.3 Å². The molecule has 0 fully saturated rings. The standard InChI is InChI=1S/C26H20FN3O2S/c1-17-6-2-4-8-21(17)30(26-29-20-7-3-5-9-23(20)33-26)25(31)15-14-24-28-16-22(32-24)18-10-12-19(27)13-11-18/h2-13,16H,14-15H2,1H3. The lowest BCUT2D eigenvalue weighted by molar-refractivity contribution is -0.117. The van der Waals surface area contributed by atoms with Gasteiger partial charge in [0.15, 0.2) is 16.8 Å². The normalized spacial score (nSPS) is 11.1. The molecule has 2 aromatic heterocycles. The van der Waals surface area contributed by atoms with Gasteiger partial charge in [0.25, 0.3) is 0 Å². The molecule has 0 N–H and O–H groups in total. The van der Waals surface area contributed by atoms with Crippen molar-refractivity contribution in [3.05, 3.63) is 96.3 Å². The van der Waals surface area contributed by atoms with Crippen molar-refractivity contribution in [3.63, 3.8) is 0 Å². The van der Waals surface area contributed by atoms with Crippen LogP contribution in [0.3, 0.4) is 0 Å². The second-order valence-electron chi connectivity index (χ2n) is 7.60. The third-order valence-electron chi connectivity index (χ3n) is 5.31. The molecule has 0 aliphatic heterocycles. The van der Waals surface area contributed by atoms with E-state index in [-0.39, 0.29) is 18.1 Å². The van der Waals surface area contributed by atoms with Crippen LogP contribution in [-0.4, -0.2) is 15.9 Å². The Labute approximate surface area is 194 Å². The number of anilines is 2. The van der Waals surface area contributed by atoms with Gasteiger partial charge >= 0.3 is 0 Å². The largest absolute Gasteiger partial charge is 0.441 e. The SMILES string of the molecule is Cc1ccccc1N(C(=O)CCc1ncc(-c2ccc(F)cc2)o1)c1nc2ccccc2s1. The molecular weight excluding hydrogens is 437 g/mol. The first-order valence-corrected chi connectivity index (χ1v) is 11.3. The Morgan fingerprint density at radius 1 is 1.03 bits per heavy atom. The minimum atomic E-state index is -0.310. The van der Waals surface area contributed by atoms with Crippen LogP contribution < -0.4 is 4.90 Å². The fraction of sp³-hybridized carbons (Fsp3) is 0.115. The number of hydrogen-bond donors (Lipinski definition) is 0. The summed E-state index contributed by atoms with van der Waals surface area (Å²) in [6.07, 6.45) is 2.14. The molecule has 0 saturated heterocycles. The van der Waals surface area contributed by atoms with E-state index in [9.17, 15) is 9.18 Å². The Morgan fingerprint density at radius 2 is 1.79 bits per heavy atom. The van der Waals surface area contributed by atoms with Crippen molar-refractivity contribution in [2.24, 2.45) is 0 Å². The third-order valence-corrected chi connectivity index (χ3v) is 6.34. The molecule has 0 saturated carbocycles. The maximum absolute atomic E-state index is 13.4. The summed E-state index contributed by atoms with van der Waals surface area (Å²) in [6, 6.07) is 21.6. The van der Waals surface area contributed by atoms with E-state index in [0.717, 1.165) is 27.0 Å². The summed E-state index contributed by atoms with van der Waals surface area (Å²) in [6.45, 7) is 1.98. The van der Waals surface area contributed by atoms with Gasteiger partial charge in [-0.15, -0.1) is 0 Å². The summed E-state index contributed by atoms with van der Waals surface area (Å²) < 4.78 is 20.0. The Kier molecular flexibility index (Phi) is 5.71. The molecule has 0 atom stereocenters. The number of oxazole rings is 1. The summed E-state index contributed by atoms with van der Waals surface area (Å²) in [5.41, 5.74) is 3.39. The Morgan fingerprint density at radius 3 is 2.58 bits per heavy atom. The van der Waals surface area contributed by atoms with Gasteiger partial charge in [0.2, 0.25) is 5.91 Å². The van der Waals surface area contributed by atoms with Gasteiger partial charge in [0.05, 0.1) is 22.1 Å². The highest BCUT2D eigenvalue weighted by Crippen LogP contribution is 2.35. The zero-order valence-electron chi connectivity index (χ0n) is 17.9. The maximum Gasteiger partial charge on any atom is 0.233 e. The monoisotopic (exact) mass is 457 g/mol. The van der Waals surface area contributed by atoms with E-state index in [1.807, 2.05) is 55.5 Å². The van der Waals surface area contributed by atoms with Gasteiger partial charge < -0.3 is 4.42 Å². The molecule has 5 rings (SSSR count). The van der Waals surface area contributed by atoms with Gasteiger partial charge in [-0.3, -0.25) is 9.69 Å². The molecule has 1 amide bonds. The number of para-hydroxylation sites is 2. The van der Waals surface area contributed by atoms with E-state index >= 15 is 0 Å². The quantitative estimate of drug-likeness (QED) is 0.285. The van der Waals surface area contributed by atoms with Crippen LogP contribution in [0.4, 0.5) is 15.2 Å². The third kappa shape index (κ3) is 4.40. The van der Waals surface area contributed by atoms with Crippen molar-refractivity contribution in [1.82, 2.24) is 9.97 Å². The molecule has 5 aromatic rings. The minimum Gasteiger partial charge on any atom is -0.441 e. The molecule has 7 heteroatoms. The van der Waals surface area contributed by atoms with E-state index in [1.165, 1.54) is 23.5 Å². The maximum atomic E-state index is 13.4. The van der Waals surface area contributed by atoms with Gasteiger partial charge in [-0.05, 0) is 55.0 Å². The van der Waals surface area contributed by atoms with E-state index in [4.69, 9.17) is 9.40 Å². The number of rotatable bonds is 6. The van der Waals surface area contributed by atoms with Crippen LogP contribution in [0.15, 0.2) is 83.4 Å². The Balaban J connectivity index is 1.40. The number of amides is 1. The second kappa shape index (κ2) is 8.96. The zero-order chi connectivity index (χ0) is 22.8. The van der Waals surface area contributed by atoms with Gasteiger partial charge in [0.1, 0.15) is 5.82 Å². The first-order valence-electron chi connectivity index (χ1n) is 10.5. The van der Waals surface area contributed by atoms with Gasteiger partial charge in [-0.2, -0.15) is 0 Å². The number of thiazole rings is 1. The Bertz CT molecular complexity index is 1390. The number of aryl methyl sites for hydroxylation is 2. The molecule has 5 nitrogen and oxygen atoms in total. The van der Waals surface area contributed by atoms with Crippen LogP contribution in [0, 0.1) is 12.7 Å². The average molecular weight is 458 g/mol. The zero-order valence-corrected chi connectivity index (χ0v) is 18.7. The van der Waals surface area contributed by atoms with Crippen molar-refractivity contribution >= 4 is 38.3 Å². The molecule has 33 heavy (non-hydrogen) atoms. The van der Waals surface area contributed by atoms with Crippen molar-refractivity contribution in [2.75, 3.05) is 4.90 Å². The first kappa shape index (κ1) is 21.0. The summed E-state index contributed by atoms with van der Waals surface area (Å²) in [4.78, 5) is 24.1. The minimum absolute atomic E-state index is 0.0927. The predicted molar refractivity (Wildman–Crippen MR) is 128 cm³/mol. The van der Waals surface area contributed by atoms with Crippen LogP contribution in [0.25, 0.3) is 21.5 Å².